The molecule has 0 spiro atoms. The van der Waals surface area contributed by atoms with Gasteiger partial charge in [0.25, 0.3) is 0 Å². The minimum atomic E-state index is -0.491. The summed E-state index contributed by atoms with van der Waals surface area (Å²) < 4.78 is 5.31. The van der Waals surface area contributed by atoms with Crippen LogP contribution in [0.5, 0.6) is 0 Å². The van der Waals surface area contributed by atoms with Crippen molar-refractivity contribution in [3.8, 4) is 0 Å². The molecule has 0 saturated carbocycles. The van der Waals surface area contributed by atoms with Crippen LogP contribution in [-0.2, 0) is 4.74 Å². The quantitative estimate of drug-likeness (QED) is 0.584. The Kier molecular flexibility index (Phi) is 20.6. The van der Waals surface area contributed by atoms with Gasteiger partial charge in [0.1, 0.15) is 0 Å². The SMILES string of the molecule is CCCCC(O)CO.CCCCOCCCC. The fraction of sp³-hybridized carbons (Fsp3) is 1.00. The molecule has 0 fully saturated rings. The van der Waals surface area contributed by atoms with Crippen molar-refractivity contribution < 1.29 is 14.9 Å². The monoisotopic (exact) mass is 248 g/mol. The van der Waals surface area contributed by atoms with Gasteiger partial charge in [0.2, 0.25) is 0 Å². The lowest BCUT2D eigenvalue weighted by atomic mass is 10.2. The molecule has 106 valence electrons. The zero-order chi connectivity index (χ0) is 13.4. The molecule has 0 aromatic carbocycles. The summed E-state index contributed by atoms with van der Waals surface area (Å²) in [4.78, 5) is 0. The van der Waals surface area contributed by atoms with Crippen molar-refractivity contribution in [1.82, 2.24) is 0 Å². The van der Waals surface area contributed by atoms with Crippen molar-refractivity contribution in [1.29, 1.82) is 0 Å². The van der Waals surface area contributed by atoms with Gasteiger partial charge in [-0.15, -0.1) is 0 Å². The number of hydrogen-bond donors (Lipinski definition) is 2. The highest BCUT2D eigenvalue weighted by Crippen LogP contribution is 1.97. The van der Waals surface area contributed by atoms with Crippen molar-refractivity contribution >= 4 is 0 Å². The first kappa shape index (κ1) is 19.2. The Morgan fingerprint density at radius 3 is 1.71 bits per heavy atom. The molecule has 0 bridgehead atoms. The molecule has 1 unspecified atom stereocenters. The second kappa shape index (κ2) is 18.3. The van der Waals surface area contributed by atoms with Gasteiger partial charge in [0.15, 0.2) is 0 Å². The van der Waals surface area contributed by atoms with E-state index in [0.717, 1.165) is 32.5 Å². The van der Waals surface area contributed by atoms with E-state index in [-0.39, 0.29) is 6.61 Å². The van der Waals surface area contributed by atoms with Gasteiger partial charge in [-0.2, -0.15) is 0 Å². The van der Waals surface area contributed by atoms with E-state index in [2.05, 4.69) is 20.8 Å². The predicted molar refractivity (Wildman–Crippen MR) is 73.3 cm³/mol. The van der Waals surface area contributed by atoms with E-state index >= 15 is 0 Å². The van der Waals surface area contributed by atoms with E-state index in [0.29, 0.717) is 0 Å². The maximum Gasteiger partial charge on any atom is 0.0770 e. The standard InChI is InChI=1S/C8H18O.C6H14O2/c1-3-5-7-9-8-6-4-2;1-2-3-4-6(8)5-7/h3-8H2,1-2H3;6-8H,2-5H2,1H3. The molecule has 0 heterocycles. The lowest BCUT2D eigenvalue weighted by molar-refractivity contribution is 0.0865. The van der Waals surface area contributed by atoms with Gasteiger partial charge in [-0.3, -0.25) is 0 Å². The fourth-order valence-corrected chi connectivity index (χ4v) is 1.13. The maximum atomic E-state index is 8.74. The molecule has 0 saturated heterocycles. The molecule has 0 aromatic heterocycles. The van der Waals surface area contributed by atoms with Crippen LogP contribution in [0.2, 0.25) is 0 Å². The highest BCUT2D eigenvalue weighted by Gasteiger charge is 1.97. The molecule has 3 nitrogen and oxygen atoms in total. The van der Waals surface area contributed by atoms with Crippen molar-refractivity contribution in [3.05, 3.63) is 0 Å². The van der Waals surface area contributed by atoms with E-state index in [9.17, 15) is 0 Å². The normalized spacial score (nSPS) is 11.8. The molecule has 0 aliphatic heterocycles. The van der Waals surface area contributed by atoms with Crippen LogP contribution in [0, 0.1) is 0 Å². The smallest absolute Gasteiger partial charge is 0.0770 e. The molecule has 0 radical (unpaired) electrons. The zero-order valence-electron chi connectivity index (χ0n) is 12.0. The number of ether oxygens (including phenoxy) is 1. The summed E-state index contributed by atoms with van der Waals surface area (Å²) in [5, 5.41) is 17.1. The second-order valence-electron chi connectivity index (χ2n) is 4.30. The van der Waals surface area contributed by atoms with E-state index in [1.165, 1.54) is 25.7 Å². The Hall–Kier alpha value is -0.120. The first-order chi connectivity index (χ1) is 8.22. The van der Waals surface area contributed by atoms with Gasteiger partial charge in [0, 0.05) is 13.2 Å². The maximum absolute atomic E-state index is 8.74. The van der Waals surface area contributed by atoms with E-state index in [4.69, 9.17) is 14.9 Å². The molecule has 2 N–H and O–H groups in total. The summed E-state index contributed by atoms with van der Waals surface area (Å²) in [6.07, 6.45) is 7.23. The Labute approximate surface area is 107 Å². The van der Waals surface area contributed by atoms with Crippen LogP contribution in [0.4, 0.5) is 0 Å². The average molecular weight is 248 g/mol. The third-order valence-electron chi connectivity index (χ3n) is 2.39. The Bertz CT molecular complexity index is 112. The van der Waals surface area contributed by atoms with E-state index < -0.39 is 6.10 Å². The zero-order valence-corrected chi connectivity index (χ0v) is 12.0. The molecule has 17 heavy (non-hydrogen) atoms. The van der Waals surface area contributed by atoms with Crippen LogP contribution >= 0.6 is 0 Å². The van der Waals surface area contributed by atoms with Crippen molar-refractivity contribution in [3.63, 3.8) is 0 Å². The van der Waals surface area contributed by atoms with Crippen LogP contribution in [0.3, 0.4) is 0 Å². The third kappa shape index (κ3) is 21.7. The van der Waals surface area contributed by atoms with Gasteiger partial charge in [-0.05, 0) is 19.3 Å². The molecular formula is C14H32O3. The molecule has 3 heteroatoms. The molecule has 0 aliphatic carbocycles. The molecular weight excluding hydrogens is 216 g/mol. The van der Waals surface area contributed by atoms with Crippen LogP contribution < -0.4 is 0 Å². The van der Waals surface area contributed by atoms with E-state index in [1.54, 1.807) is 0 Å². The summed E-state index contributed by atoms with van der Waals surface area (Å²) in [7, 11) is 0. The van der Waals surface area contributed by atoms with Gasteiger partial charge < -0.3 is 14.9 Å². The minimum Gasteiger partial charge on any atom is -0.394 e. The van der Waals surface area contributed by atoms with Crippen LogP contribution in [-0.4, -0.2) is 36.1 Å². The largest absolute Gasteiger partial charge is 0.394 e. The molecule has 0 amide bonds. The Balaban J connectivity index is 0. The minimum absolute atomic E-state index is 0.0972. The lowest BCUT2D eigenvalue weighted by Crippen LogP contribution is -2.10. The van der Waals surface area contributed by atoms with Crippen molar-refractivity contribution in [2.75, 3.05) is 19.8 Å². The average Bonchev–Trinajstić information content (AvgIpc) is 2.36. The number of aliphatic hydroxyl groups excluding tert-OH is 2. The summed E-state index contributed by atoms with van der Waals surface area (Å²) in [6.45, 7) is 8.24. The number of unbranched alkanes of at least 4 members (excludes halogenated alkanes) is 3. The molecule has 0 aromatic rings. The van der Waals surface area contributed by atoms with Gasteiger partial charge >= 0.3 is 0 Å². The Morgan fingerprint density at radius 1 is 0.882 bits per heavy atom. The summed E-state index contributed by atoms with van der Waals surface area (Å²) in [5.74, 6) is 0. The number of aliphatic hydroxyl groups is 2. The Morgan fingerprint density at radius 2 is 1.35 bits per heavy atom. The van der Waals surface area contributed by atoms with Gasteiger partial charge in [-0.25, -0.2) is 0 Å². The van der Waals surface area contributed by atoms with Crippen LogP contribution in [0.1, 0.15) is 65.7 Å². The van der Waals surface area contributed by atoms with E-state index in [1.807, 2.05) is 0 Å². The highest BCUT2D eigenvalue weighted by atomic mass is 16.5. The lowest BCUT2D eigenvalue weighted by Gasteiger charge is -2.02. The first-order valence-electron chi connectivity index (χ1n) is 7.09. The van der Waals surface area contributed by atoms with Crippen molar-refractivity contribution in [2.24, 2.45) is 0 Å². The topological polar surface area (TPSA) is 49.7 Å². The molecule has 0 aliphatic rings. The molecule has 1 atom stereocenters. The highest BCUT2D eigenvalue weighted by molar-refractivity contribution is 4.50. The van der Waals surface area contributed by atoms with Crippen LogP contribution in [0.25, 0.3) is 0 Å². The van der Waals surface area contributed by atoms with Gasteiger partial charge in [-0.1, -0.05) is 46.5 Å². The molecule has 0 rings (SSSR count). The van der Waals surface area contributed by atoms with Crippen molar-refractivity contribution in [2.45, 2.75) is 71.8 Å². The fourth-order valence-electron chi connectivity index (χ4n) is 1.13. The second-order valence-corrected chi connectivity index (χ2v) is 4.30. The summed E-state index contributed by atoms with van der Waals surface area (Å²) in [5.41, 5.74) is 0. The van der Waals surface area contributed by atoms with Crippen LogP contribution in [0.15, 0.2) is 0 Å². The predicted octanol–water partition coefficient (Wildman–Crippen LogP) is 3.13. The number of hydrogen-bond acceptors (Lipinski definition) is 3. The summed E-state index contributed by atoms with van der Waals surface area (Å²) >= 11 is 0. The third-order valence-corrected chi connectivity index (χ3v) is 2.39. The first-order valence-corrected chi connectivity index (χ1v) is 7.09. The van der Waals surface area contributed by atoms with Gasteiger partial charge in [0.05, 0.1) is 12.7 Å². The number of rotatable bonds is 10. The summed E-state index contributed by atoms with van der Waals surface area (Å²) in [6, 6.07) is 0.